The van der Waals surface area contributed by atoms with Gasteiger partial charge in [0.15, 0.2) is 0 Å². The molecule has 0 fully saturated rings. The molecule has 3 rings (SSSR count). The van der Waals surface area contributed by atoms with Crippen molar-refractivity contribution in [1.82, 2.24) is 0 Å². The molecule has 2 N–H and O–H groups in total. The number of carbonyl (C=O) groups is 2. The number of nitrogens with one attached hydrogen (secondary N) is 2. The summed E-state index contributed by atoms with van der Waals surface area (Å²) < 4.78 is 24.1. The summed E-state index contributed by atoms with van der Waals surface area (Å²) in [5.74, 6) is -0.779. The summed E-state index contributed by atoms with van der Waals surface area (Å²) in [6.07, 6.45) is 0. The Morgan fingerprint density at radius 1 is 0.875 bits per heavy atom. The standard InChI is InChI=1S/C24H22ClFN2O4/c1-2-31-11-12-32-20-8-4-6-17(14-20)24(30)27-18-7-3-5-16(13-18)23(29)28-19-9-10-22(26)21(25)15-19/h3-10,13-15H,2,11-12H2,1H3,(H,27,30)(H,28,29). The maximum atomic E-state index is 13.3. The van der Waals surface area contributed by atoms with Gasteiger partial charge in [-0.3, -0.25) is 9.59 Å². The molecule has 3 aromatic rings. The molecule has 0 aromatic heterocycles. The van der Waals surface area contributed by atoms with Gasteiger partial charge in [-0.25, -0.2) is 4.39 Å². The Morgan fingerprint density at radius 3 is 2.22 bits per heavy atom. The van der Waals surface area contributed by atoms with Crippen molar-refractivity contribution in [2.75, 3.05) is 30.5 Å². The maximum absolute atomic E-state index is 13.3. The third-order valence-electron chi connectivity index (χ3n) is 4.36. The second kappa shape index (κ2) is 11.3. The molecule has 8 heteroatoms. The number of hydrogen-bond acceptors (Lipinski definition) is 4. The zero-order valence-electron chi connectivity index (χ0n) is 17.4. The molecule has 32 heavy (non-hydrogen) atoms. The van der Waals surface area contributed by atoms with Crippen LogP contribution in [0.4, 0.5) is 15.8 Å². The van der Waals surface area contributed by atoms with Gasteiger partial charge in [0.1, 0.15) is 18.2 Å². The van der Waals surface area contributed by atoms with E-state index in [1.165, 1.54) is 18.2 Å². The van der Waals surface area contributed by atoms with Crippen molar-refractivity contribution in [3.63, 3.8) is 0 Å². The second-order valence-corrected chi connectivity index (χ2v) is 7.10. The van der Waals surface area contributed by atoms with E-state index in [1.807, 2.05) is 6.92 Å². The van der Waals surface area contributed by atoms with Crippen LogP contribution in [0.3, 0.4) is 0 Å². The lowest BCUT2D eigenvalue weighted by atomic mass is 10.1. The monoisotopic (exact) mass is 456 g/mol. The van der Waals surface area contributed by atoms with Crippen molar-refractivity contribution in [1.29, 1.82) is 0 Å². The van der Waals surface area contributed by atoms with Crippen LogP contribution in [-0.4, -0.2) is 31.6 Å². The average Bonchev–Trinajstić information content (AvgIpc) is 2.79. The number of ether oxygens (including phenoxy) is 2. The Hall–Kier alpha value is -3.42. The molecule has 0 unspecified atom stereocenters. The van der Waals surface area contributed by atoms with Gasteiger partial charge in [-0.2, -0.15) is 0 Å². The average molecular weight is 457 g/mol. The lowest BCUT2D eigenvalue weighted by Gasteiger charge is -2.10. The zero-order valence-corrected chi connectivity index (χ0v) is 18.1. The zero-order chi connectivity index (χ0) is 22.9. The molecule has 0 bridgehead atoms. The molecule has 3 aromatic carbocycles. The van der Waals surface area contributed by atoms with Gasteiger partial charge in [-0.05, 0) is 61.5 Å². The highest BCUT2D eigenvalue weighted by molar-refractivity contribution is 6.31. The minimum absolute atomic E-state index is 0.0899. The predicted molar refractivity (Wildman–Crippen MR) is 122 cm³/mol. The van der Waals surface area contributed by atoms with Crippen molar-refractivity contribution >= 4 is 34.8 Å². The number of amides is 2. The van der Waals surface area contributed by atoms with Gasteiger partial charge in [-0.1, -0.05) is 23.7 Å². The van der Waals surface area contributed by atoms with Crippen molar-refractivity contribution in [2.45, 2.75) is 6.92 Å². The van der Waals surface area contributed by atoms with Crippen LogP contribution in [0, 0.1) is 5.82 Å². The molecule has 0 aliphatic heterocycles. The van der Waals surface area contributed by atoms with Crippen molar-refractivity contribution in [2.24, 2.45) is 0 Å². The van der Waals surface area contributed by atoms with Crippen LogP contribution in [0.2, 0.25) is 5.02 Å². The highest BCUT2D eigenvalue weighted by Gasteiger charge is 2.11. The maximum Gasteiger partial charge on any atom is 0.255 e. The highest BCUT2D eigenvalue weighted by Crippen LogP contribution is 2.21. The van der Waals surface area contributed by atoms with E-state index in [-0.39, 0.29) is 10.9 Å². The summed E-state index contributed by atoms with van der Waals surface area (Å²) in [6.45, 7) is 3.36. The molecular formula is C24H22ClFN2O4. The third-order valence-corrected chi connectivity index (χ3v) is 4.65. The van der Waals surface area contributed by atoms with E-state index in [1.54, 1.807) is 48.5 Å². The molecular weight excluding hydrogens is 435 g/mol. The van der Waals surface area contributed by atoms with Crippen molar-refractivity contribution in [3.05, 3.63) is 88.7 Å². The fraction of sp³-hybridized carbons (Fsp3) is 0.167. The number of rotatable bonds is 9. The predicted octanol–water partition coefficient (Wildman–Crippen LogP) is 5.40. The number of hydrogen-bond donors (Lipinski definition) is 2. The van der Waals surface area contributed by atoms with E-state index in [4.69, 9.17) is 21.1 Å². The quantitative estimate of drug-likeness (QED) is 0.423. The first-order valence-electron chi connectivity index (χ1n) is 9.94. The third kappa shape index (κ3) is 6.54. The summed E-state index contributed by atoms with van der Waals surface area (Å²) >= 11 is 5.75. The number of anilines is 2. The van der Waals surface area contributed by atoms with Gasteiger partial charge in [-0.15, -0.1) is 0 Å². The van der Waals surface area contributed by atoms with Gasteiger partial charge in [0, 0.05) is 29.1 Å². The highest BCUT2D eigenvalue weighted by atomic mass is 35.5. The Balaban J connectivity index is 1.64. The van der Waals surface area contributed by atoms with Gasteiger partial charge in [0.25, 0.3) is 11.8 Å². The van der Waals surface area contributed by atoms with E-state index in [2.05, 4.69) is 10.6 Å². The van der Waals surface area contributed by atoms with Crippen molar-refractivity contribution < 1.29 is 23.5 Å². The SMILES string of the molecule is CCOCCOc1cccc(C(=O)Nc2cccc(C(=O)Nc3ccc(F)c(Cl)c3)c2)c1. The van der Waals surface area contributed by atoms with Gasteiger partial charge in [0.05, 0.1) is 11.6 Å². The Bertz CT molecular complexity index is 1110. The smallest absolute Gasteiger partial charge is 0.255 e. The van der Waals surface area contributed by atoms with E-state index < -0.39 is 11.7 Å². The first-order valence-corrected chi connectivity index (χ1v) is 10.3. The topological polar surface area (TPSA) is 76.7 Å². The van der Waals surface area contributed by atoms with E-state index in [9.17, 15) is 14.0 Å². The molecule has 0 radical (unpaired) electrons. The van der Waals surface area contributed by atoms with Gasteiger partial charge in [0.2, 0.25) is 0 Å². The fourth-order valence-corrected chi connectivity index (χ4v) is 2.99. The first kappa shape index (κ1) is 23.2. The normalized spacial score (nSPS) is 10.5. The molecule has 0 spiro atoms. The van der Waals surface area contributed by atoms with Crippen LogP contribution in [0.1, 0.15) is 27.6 Å². The molecule has 166 valence electrons. The number of benzene rings is 3. The number of halogens is 2. The Labute approximate surface area is 190 Å². The molecule has 0 saturated carbocycles. The lowest BCUT2D eigenvalue weighted by Crippen LogP contribution is -2.15. The molecule has 0 saturated heterocycles. The van der Waals surface area contributed by atoms with E-state index in [0.29, 0.717) is 48.1 Å². The van der Waals surface area contributed by atoms with Crippen LogP contribution < -0.4 is 15.4 Å². The van der Waals surface area contributed by atoms with Crippen LogP contribution in [0.5, 0.6) is 5.75 Å². The number of carbonyl (C=O) groups excluding carboxylic acids is 2. The summed E-state index contributed by atoms with van der Waals surface area (Å²) in [5, 5.41) is 5.32. The minimum Gasteiger partial charge on any atom is -0.491 e. The van der Waals surface area contributed by atoms with Crippen LogP contribution in [0.15, 0.2) is 66.7 Å². The summed E-state index contributed by atoms with van der Waals surface area (Å²) in [5.41, 5.74) is 1.53. The molecule has 6 nitrogen and oxygen atoms in total. The Kier molecular flexibility index (Phi) is 8.19. The van der Waals surface area contributed by atoms with Crippen LogP contribution >= 0.6 is 11.6 Å². The van der Waals surface area contributed by atoms with E-state index in [0.717, 1.165) is 0 Å². The summed E-state index contributed by atoms with van der Waals surface area (Å²) in [7, 11) is 0. The molecule has 0 aliphatic rings. The molecule has 0 atom stereocenters. The van der Waals surface area contributed by atoms with Crippen LogP contribution in [0.25, 0.3) is 0 Å². The van der Waals surface area contributed by atoms with Gasteiger partial charge >= 0.3 is 0 Å². The van der Waals surface area contributed by atoms with Gasteiger partial charge < -0.3 is 20.1 Å². The fourth-order valence-electron chi connectivity index (χ4n) is 2.81. The van der Waals surface area contributed by atoms with Crippen molar-refractivity contribution in [3.8, 4) is 5.75 Å². The summed E-state index contributed by atoms with van der Waals surface area (Å²) in [4.78, 5) is 25.2. The molecule has 2 amide bonds. The minimum atomic E-state index is -0.571. The molecule has 0 aliphatic carbocycles. The first-order chi connectivity index (χ1) is 15.5. The second-order valence-electron chi connectivity index (χ2n) is 6.69. The molecule has 0 heterocycles. The Morgan fingerprint density at radius 2 is 1.53 bits per heavy atom. The largest absolute Gasteiger partial charge is 0.491 e. The summed E-state index contributed by atoms with van der Waals surface area (Å²) in [6, 6.07) is 17.2. The van der Waals surface area contributed by atoms with E-state index >= 15 is 0 Å². The lowest BCUT2D eigenvalue weighted by molar-refractivity contribution is 0.101. The van der Waals surface area contributed by atoms with Crippen LogP contribution in [-0.2, 0) is 4.74 Å².